The molecular weight excluding hydrogens is 410 g/mol. The Labute approximate surface area is 136 Å². The van der Waals surface area contributed by atoms with Gasteiger partial charge in [-0.15, -0.1) is 0 Å². The molecule has 1 aromatic rings. The topological polar surface area (TPSA) is 46.6 Å². The minimum atomic E-state index is -3.52. The summed E-state index contributed by atoms with van der Waals surface area (Å²) in [7, 11) is -3.52. The van der Waals surface area contributed by atoms with Crippen molar-refractivity contribution in [1.82, 2.24) is 4.31 Å². The van der Waals surface area contributed by atoms with Crippen LogP contribution in [0.5, 0.6) is 0 Å². The van der Waals surface area contributed by atoms with Crippen LogP contribution in [0.15, 0.2) is 32.0 Å². The minimum Gasteiger partial charge on any atom is -0.377 e. The second-order valence-corrected chi connectivity index (χ2v) is 8.34. The van der Waals surface area contributed by atoms with E-state index in [-0.39, 0.29) is 11.0 Å². The van der Waals surface area contributed by atoms with Gasteiger partial charge in [-0.3, -0.25) is 0 Å². The molecule has 1 heterocycles. The molecule has 0 radical (unpaired) electrons. The second-order valence-electron chi connectivity index (χ2n) is 4.67. The Morgan fingerprint density at radius 1 is 1.40 bits per heavy atom. The van der Waals surface area contributed by atoms with Gasteiger partial charge in [0.05, 0.1) is 11.0 Å². The predicted octanol–water partition coefficient (Wildman–Crippen LogP) is 3.40. The Bertz CT molecular complexity index is 571. The van der Waals surface area contributed by atoms with E-state index >= 15 is 0 Å². The van der Waals surface area contributed by atoms with Crippen LogP contribution in [0.3, 0.4) is 0 Å². The lowest BCUT2D eigenvalue weighted by molar-refractivity contribution is 0.0946. The molecule has 0 N–H and O–H groups in total. The van der Waals surface area contributed by atoms with Crippen LogP contribution in [0.4, 0.5) is 0 Å². The molecule has 20 heavy (non-hydrogen) atoms. The van der Waals surface area contributed by atoms with Crippen molar-refractivity contribution < 1.29 is 13.2 Å². The van der Waals surface area contributed by atoms with E-state index in [1.807, 2.05) is 6.92 Å². The van der Waals surface area contributed by atoms with E-state index in [2.05, 4.69) is 31.9 Å². The second kappa shape index (κ2) is 6.87. The zero-order valence-corrected chi connectivity index (χ0v) is 15.2. The third kappa shape index (κ3) is 3.62. The monoisotopic (exact) mass is 425 g/mol. The van der Waals surface area contributed by atoms with Crippen LogP contribution in [0.1, 0.15) is 19.8 Å². The molecular formula is C13H17Br2NO3S. The molecule has 7 heteroatoms. The highest BCUT2D eigenvalue weighted by Crippen LogP contribution is 2.29. The highest BCUT2D eigenvalue weighted by molar-refractivity contribution is 9.11. The van der Waals surface area contributed by atoms with Crippen LogP contribution in [0.25, 0.3) is 0 Å². The maximum Gasteiger partial charge on any atom is 0.244 e. The Morgan fingerprint density at radius 2 is 2.15 bits per heavy atom. The smallest absolute Gasteiger partial charge is 0.244 e. The number of halogens is 2. The van der Waals surface area contributed by atoms with E-state index in [4.69, 9.17) is 4.74 Å². The molecule has 0 bridgehead atoms. The van der Waals surface area contributed by atoms with Gasteiger partial charge in [-0.25, -0.2) is 8.42 Å². The van der Waals surface area contributed by atoms with Gasteiger partial charge in [-0.05, 0) is 47.0 Å². The first kappa shape index (κ1) is 16.4. The van der Waals surface area contributed by atoms with Gasteiger partial charge >= 0.3 is 0 Å². The van der Waals surface area contributed by atoms with Crippen LogP contribution < -0.4 is 0 Å². The molecule has 1 aliphatic heterocycles. The quantitative estimate of drug-likeness (QED) is 0.724. The summed E-state index contributed by atoms with van der Waals surface area (Å²) in [6.45, 7) is 3.42. The van der Waals surface area contributed by atoms with E-state index in [0.717, 1.165) is 23.9 Å². The average molecular weight is 427 g/mol. The van der Waals surface area contributed by atoms with Crippen LogP contribution in [-0.4, -0.2) is 38.5 Å². The van der Waals surface area contributed by atoms with E-state index < -0.39 is 10.0 Å². The fraction of sp³-hybridized carbons (Fsp3) is 0.538. The number of ether oxygens (including phenoxy) is 1. The average Bonchev–Trinajstić information content (AvgIpc) is 2.91. The molecule has 1 saturated heterocycles. The van der Waals surface area contributed by atoms with Crippen molar-refractivity contribution in [1.29, 1.82) is 0 Å². The molecule has 0 aromatic heterocycles. The van der Waals surface area contributed by atoms with Crippen LogP contribution >= 0.6 is 31.9 Å². The number of likely N-dealkylation sites (N-methyl/N-ethyl adjacent to an activating group) is 1. The molecule has 0 amide bonds. The predicted molar refractivity (Wildman–Crippen MR) is 85.2 cm³/mol. The highest BCUT2D eigenvalue weighted by Gasteiger charge is 2.29. The van der Waals surface area contributed by atoms with Gasteiger partial charge in [0.25, 0.3) is 0 Å². The van der Waals surface area contributed by atoms with E-state index in [1.54, 1.807) is 18.2 Å². The maximum atomic E-state index is 12.7. The van der Waals surface area contributed by atoms with Crippen molar-refractivity contribution in [3.8, 4) is 0 Å². The summed E-state index contributed by atoms with van der Waals surface area (Å²) in [5.74, 6) is 0. The molecule has 4 nitrogen and oxygen atoms in total. The third-order valence-electron chi connectivity index (χ3n) is 3.30. The standard InChI is InChI=1S/C13H17Br2NO3S/c1-2-16(9-11-4-3-7-19-11)20(17,18)13-8-10(14)5-6-12(13)15/h5-6,8,11H,2-4,7,9H2,1H3/t11-/m1/s1. The molecule has 1 aliphatic rings. The first-order chi connectivity index (χ1) is 9.45. The van der Waals surface area contributed by atoms with Gasteiger partial charge in [0.2, 0.25) is 10.0 Å². The maximum absolute atomic E-state index is 12.7. The summed E-state index contributed by atoms with van der Waals surface area (Å²) in [5, 5.41) is 0. The van der Waals surface area contributed by atoms with Gasteiger partial charge in [-0.1, -0.05) is 22.9 Å². The summed E-state index contributed by atoms with van der Waals surface area (Å²) in [6, 6.07) is 5.16. The van der Waals surface area contributed by atoms with E-state index in [9.17, 15) is 8.42 Å². The van der Waals surface area contributed by atoms with Crippen molar-refractivity contribution in [3.05, 3.63) is 27.1 Å². The lowest BCUT2D eigenvalue weighted by atomic mass is 10.2. The highest BCUT2D eigenvalue weighted by atomic mass is 79.9. The Morgan fingerprint density at radius 3 is 2.75 bits per heavy atom. The number of nitrogens with zero attached hydrogens (tertiary/aromatic N) is 1. The fourth-order valence-electron chi connectivity index (χ4n) is 2.23. The van der Waals surface area contributed by atoms with Crippen LogP contribution in [0.2, 0.25) is 0 Å². The summed E-state index contributed by atoms with van der Waals surface area (Å²) in [5.41, 5.74) is 0. The molecule has 112 valence electrons. The Balaban J connectivity index is 2.28. The number of benzene rings is 1. The lowest BCUT2D eigenvalue weighted by Gasteiger charge is -2.24. The van der Waals surface area contributed by atoms with Crippen molar-refractivity contribution in [2.24, 2.45) is 0 Å². The van der Waals surface area contributed by atoms with Crippen molar-refractivity contribution >= 4 is 41.9 Å². The SMILES string of the molecule is CCN(C[C@H]1CCCO1)S(=O)(=O)c1cc(Br)ccc1Br. The first-order valence-electron chi connectivity index (χ1n) is 6.52. The molecule has 1 atom stereocenters. The number of sulfonamides is 1. The van der Waals surface area contributed by atoms with Gasteiger partial charge < -0.3 is 4.74 Å². The summed E-state index contributed by atoms with van der Waals surface area (Å²) in [4.78, 5) is 0.284. The van der Waals surface area contributed by atoms with Crippen molar-refractivity contribution in [2.75, 3.05) is 19.7 Å². The minimum absolute atomic E-state index is 0.00986. The van der Waals surface area contributed by atoms with Crippen LogP contribution in [-0.2, 0) is 14.8 Å². The Kier molecular flexibility index (Phi) is 5.64. The molecule has 1 aromatic carbocycles. The molecule has 0 saturated carbocycles. The van der Waals surface area contributed by atoms with Gasteiger partial charge in [0, 0.05) is 28.6 Å². The number of hydrogen-bond acceptors (Lipinski definition) is 3. The van der Waals surface area contributed by atoms with Crippen molar-refractivity contribution in [3.63, 3.8) is 0 Å². The largest absolute Gasteiger partial charge is 0.377 e. The number of hydrogen-bond donors (Lipinski definition) is 0. The molecule has 0 spiro atoms. The lowest BCUT2D eigenvalue weighted by Crippen LogP contribution is -2.37. The fourth-order valence-corrected chi connectivity index (χ4v) is 5.17. The molecule has 0 unspecified atom stereocenters. The zero-order chi connectivity index (χ0) is 14.8. The number of rotatable bonds is 5. The third-order valence-corrected chi connectivity index (χ3v) is 6.72. The molecule has 1 fully saturated rings. The van der Waals surface area contributed by atoms with Crippen molar-refractivity contribution in [2.45, 2.75) is 30.8 Å². The molecule has 0 aliphatic carbocycles. The summed E-state index contributed by atoms with van der Waals surface area (Å²) >= 11 is 6.64. The van der Waals surface area contributed by atoms with E-state index in [1.165, 1.54) is 4.31 Å². The summed E-state index contributed by atoms with van der Waals surface area (Å²) < 4.78 is 33.8. The first-order valence-corrected chi connectivity index (χ1v) is 9.54. The zero-order valence-electron chi connectivity index (χ0n) is 11.2. The van der Waals surface area contributed by atoms with Crippen LogP contribution in [0, 0.1) is 0 Å². The van der Waals surface area contributed by atoms with Gasteiger partial charge in [-0.2, -0.15) is 4.31 Å². The van der Waals surface area contributed by atoms with Gasteiger partial charge in [0.1, 0.15) is 0 Å². The summed E-state index contributed by atoms with van der Waals surface area (Å²) in [6.07, 6.45) is 1.93. The molecule has 2 rings (SSSR count). The van der Waals surface area contributed by atoms with E-state index in [0.29, 0.717) is 17.6 Å². The van der Waals surface area contributed by atoms with Gasteiger partial charge in [0.15, 0.2) is 0 Å². The Hall–Kier alpha value is 0.0500. The normalized spacial score (nSPS) is 19.7.